The number of benzene rings is 12. The number of hydrogen-bond donors (Lipinski definition) is 2. The smallest absolute Gasteiger partial charge is 0.164 e. The van der Waals surface area contributed by atoms with E-state index < -0.39 is 11.3 Å². The molecule has 0 spiro atoms. The van der Waals surface area contributed by atoms with Crippen LogP contribution in [0.4, 0.5) is 23.3 Å². The fraction of sp³-hybridized carbons (Fsp3) is 0.133. The van der Waals surface area contributed by atoms with E-state index >= 15 is 0 Å². The van der Waals surface area contributed by atoms with E-state index in [0.717, 1.165) is 188 Å². The number of nitrogens with zero attached hydrogens (tertiary/aromatic N) is 14. The number of rotatable bonds is 0. The number of nitrogens with one attached hydrogen (secondary N) is 2. The second-order valence-electron chi connectivity index (χ2n) is 27.5. The van der Waals surface area contributed by atoms with Crippen LogP contribution in [0.15, 0.2) is 293 Å². The average Bonchev–Trinajstić information content (AvgIpc) is 1.57. The van der Waals surface area contributed by atoms with Gasteiger partial charge in [-0.1, -0.05) is 222 Å². The second-order valence-corrected chi connectivity index (χ2v) is 27.5. The van der Waals surface area contributed by atoms with Gasteiger partial charge in [0.05, 0.1) is 0 Å². The third kappa shape index (κ3) is 9.66. The van der Waals surface area contributed by atoms with E-state index in [2.05, 4.69) is 257 Å². The number of fused-ring (bicyclic) bond motifs is 42. The Morgan fingerprint density at radius 3 is 1.07 bits per heavy atom. The maximum Gasteiger partial charge on any atom is 0.164 e. The molecule has 2 N–H and O–H groups in total. The van der Waals surface area contributed by atoms with Crippen molar-refractivity contribution in [2.75, 3.05) is 0 Å². The highest BCUT2D eigenvalue weighted by Gasteiger charge is 2.41. The molecule has 0 saturated carbocycles. The van der Waals surface area contributed by atoms with Crippen molar-refractivity contribution >= 4 is 144 Å². The van der Waals surface area contributed by atoms with Crippen LogP contribution in [0.3, 0.4) is 0 Å². The fourth-order valence-electron chi connectivity index (χ4n) is 16.2. The first-order valence-electron chi connectivity index (χ1n) is 36.3. The van der Waals surface area contributed by atoms with Gasteiger partial charge in [-0.2, -0.15) is 0 Å². The van der Waals surface area contributed by atoms with Gasteiger partial charge in [-0.05, 0) is 105 Å². The highest BCUT2D eigenvalue weighted by Crippen LogP contribution is 2.45. The minimum Gasteiger partial charge on any atom is -0.342 e. The largest absolute Gasteiger partial charge is 0.342 e. The van der Waals surface area contributed by atoms with Crippen LogP contribution in [0.1, 0.15) is 86.1 Å². The van der Waals surface area contributed by atoms with Gasteiger partial charge in [-0.3, -0.25) is 0 Å². The standard InChI is InChI=1S/C51H34N8.C35H26N8.2C2H6/c1-51-43-27-35-19-11-10-18-34(35)26-42(43)46(56-51)55-49-39-23-31-15-7-6-14-30(31)22-38(39)47(58(49)2)53-44-36-20-28-12-4-5-13-29(28)21-37(36)45(52-44)54-48-40-24-32-16-8-9-17-33(32)25-41(40)50(57-51)59(48)3;1-35-27-19-11-10-18-26(27)30(40-35)39-33-23-15-7-6-14-22(23)31(42(33)2)37-28-20-12-4-5-13-21(20)29(36-28)38-32-24-16-8-9-17-25(24)34(41-35)43(32)3;2*1-2/h4-27H,1-3H3,(H,55,56);4-19H,1-3H3,(H,39,40);2*1-2H3. The molecule has 6 aliphatic rings. The van der Waals surface area contributed by atoms with Crippen LogP contribution >= 0.6 is 0 Å². The number of amidine groups is 6. The molecule has 0 fully saturated rings. The van der Waals surface area contributed by atoms with E-state index in [0.29, 0.717) is 23.3 Å². The Morgan fingerprint density at radius 2 is 0.557 bits per heavy atom. The van der Waals surface area contributed by atoms with E-state index in [4.69, 9.17) is 49.9 Å². The van der Waals surface area contributed by atoms with Crippen molar-refractivity contribution in [2.45, 2.75) is 52.9 Å². The van der Waals surface area contributed by atoms with Crippen molar-refractivity contribution < 1.29 is 0 Å². The Bertz CT molecular complexity index is 7050. The van der Waals surface area contributed by atoms with Crippen molar-refractivity contribution in [1.29, 1.82) is 0 Å². The fourth-order valence-corrected chi connectivity index (χ4v) is 16.2. The molecule has 0 aliphatic carbocycles. The van der Waals surface area contributed by atoms with Gasteiger partial charge in [-0.25, -0.2) is 49.9 Å². The van der Waals surface area contributed by atoms with Crippen molar-refractivity contribution in [1.82, 2.24) is 28.9 Å². The lowest BCUT2D eigenvalue weighted by Crippen LogP contribution is -2.38. The number of aromatic nitrogens is 4. The minimum atomic E-state index is -0.880. The summed E-state index contributed by atoms with van der Waals surface area (Å²) in [7, 11) is 8.15. The average molecular weight is 1380 g/mol. The van der Waals surface area contributed by atoms with Crippen LogP contribution in [-0.2, 0) is 39.5 Å². The van der Waals surface area contributed by atoms with Crippen LogP contribution in [-0.4, -0.2) is 53.3 Å². The lowest BCUT2D eigenvalue weighted by atomic mass is 9.96. The second kappa shape index (κ2) is 24.1. The minimum absolute atomic E-state index is 0.615. The molecule has 106 heavy (non-hydrogen) atoms. The summed E-state index contributed by atoms with van der Waals surface area (Å²) in [5, 5.41) is 24.7. The predicted molar refractivity (Wildman–Crippen MR) is 434 cm³/mol. The Kier molecular flexibility index (Phi) is 14.5. The zero-order valence-corrected chi connectivity index (χ0v) is 60.4. The zero-order chi connectivity index (χ0) is 72.0. The predicted octanol–water partition coefficient (Wildman–Crippen LogP) is 17.3. The molecule has 22 rings (SSSR count). The molecule has 0 saturated heterocycles. The lowest BCUT2D eigenvalue weighted by Gasteiger charge is -2.21. The maximum atomic E-state index is 5.73. The van der Waals surface area contributed by atoms with Crippen molar-refractivity contribution in [3.8, 4) is 0 Å². The summed E-state index contributed by atoms with van der Waals surface area (Å²) in [6.07, 6.45) is 0. The van der Waals surface area contributed by atoms with E-state index in [1.807, 2.05) is 84.3 Å². The summed E-state index contributed by atoms with van der Waals surface area (Å²) in [5.74, 6) is 7.21. The van der Waals surface area contributed by atoms with Gasteiger partial charge in [0.25, 0.3) is 0 Å². The van der Waals surface area contributed by atoms with Crippen molar-refractivity contribution in [3.05, 3.63) is 309 Å². The van der Waals surface area contributed by atoms with Crippen LogP contribution in [0, 0.1) is 0 Å². The summed E-state index contributed by atoms with van der Waals surface area (Å²) in [6, 6.07) is 84.8. The zero-order valence-electron chi connectivity index (χ0n) is 60.4. The molecular weight excluding hydrogens is 1310 g/mol. The highest BCUT2D eigenvalue weighted by molar-refractivity contribution is 6.26. The molecule has 10 heterocycles. The van der Waals surface area contributed by atoms with Crippen LogP contribution in [0.25, 0.3) is 86.2 Å². The first kappa shape index (κ1) is 63.6. The third-order valence-corrected chi connectivity index (χ3v) is 21.3. The molecule has 16 heteroatoms. The quantitative estimate of drug-likeness (QED) is 0.154. The normalized spacial score (nSPS) is 16.9. The first-order valence-corrected chi connectivity index (χ1v) is 36.3. The summed E-state index contributed by atoms with van der Waals surface area (Å²) >= 11 is 0. The SMILES string of the molecule is CC.CC.Cn1c2c3cc4ccccc4cc3c1N=C1NC(C)(N=c3c4cc5ccccc5cc4c(n3C)=NC3=NC(=N2)c2cc4ccccc4cc23)c2cc3ccccc3cc21.Cn1c2c3ccccc3c1N=C1NC(C)(N=c3c4ccccc4c(n3C)=NC3=NC(=N2)c2ccccc23)c2ccccc21. The van der Waals surface area contributed by atoms with E-state index in [1.165, 1.54) is 0 Å². The molecule has 12 aromatic carbocycles. The van der Waals surface area contributed by atoms with Gasteiger partial charge >= 0.3 is 0 Å². The molecule has 2 atom stereocenters. The van der Waals surface area contributed by atoms with Crippen LogP contribution in [0.5, 0.6) is 0 Å². The van der Waals surface area contributed by atoms with Crippen LogP contribution < -0.4 is 32.6 Å². The first-order chi connectivity index (χ1) is 51.9. The van der Waals surface area contributed by atoms with Gasteiger partial charge in [-0.15, -0.1) is 0 Å². The molecule has 2 unspecified atom stereocenters. The summed E-state index contributed by atoms with van der Waals surface area (Å²) in [4.78, 5) is 53.7. The molecule has 0 radical (unpaired) electrons. The number of hydrogen-bond acceptors (Lipinski definition) is 12. The summed E-state index contributed by atoms with van der Waals surface area (Å²) < 4.78 is 8.35. The lowest BCUT2D eigenvalue weighted by molar-refractivity contribution is 0.458. The van der Waals surface area contributed by atoms with Crippen molar-refractivity contribution in [3.63, 3.8) is 0 Å². The van der Waals surface area contributed by atoms with Gasteiger partial charge < -0.3 is 28.9 Å². The topological polar surface area (TPSA) is 167 Å². The molecule has 16 aromatic rings. The molecule has 512 valence electrons. The third-order valence-electron chi connectivity index (χ3n) is 21.3. The van der Waals surface area contributed by atoms with E-state index in [-0.39, 0.29) is 0 Å². The van der Waals surface area contributed by atoms with Crippen molar-refractivity contribution in [2.24, 2.45) is 78.1 Å². The molecular formula is C90H72N16. The highest BCUT2D eigenvalue weighted by atomic mass is 15.3. The maximum absolute atomic E-state index is 5.73. The molecule has 0 amide bonds. The van der Waals surface area contributed by atoms with Gasteiger partial charge in [0.15, 0.2) is 34.7 Å². The Labute approximate surface area is 610 Å². The van der Waals surface area contributed by atoms with Crippen LogP contribution in [0.2, 0.25) is 0 Å². The Balaban J connectivity index is 0.000000145. The van der Waals surface area contributed by atoms with E-state index in [1.54, 1.807) is 0 Å². The Morgan fingerprint density at radius 1 is 0.245 bits per heavy atom. The summed E-state index contributed by atoms with van der Waals surface area (Å²) in [6.45, 7) is 12.3. The van der Waals surface area contributed by atoms with Gasteiger partial charge in [0.2, 0.25) is 0 Å². The molecule has 16 nitrogen and oxygen atoms in total. The Hall–Kier alpha value is -13.3. The molecule has 6 aliphatic heterocycles. The summed E-state index contributed by atoms with van der Waals surface area (Å²) in [5.41, 5.74) is 9.55. The van der Waals surface area contributed by atoms with Gasteiger partial charge in [0, 0.05) is 116 Å². The monoisotopic (exact) mass is 1380 g/mol. The molecule has 16 bridgehead atoms. The van der Waals surface area contributed by atoms with E-state index in [9.17, 15) is 0 Å². The van der Waals surface area contributed by atoms with Gasteiger partial charge in [0.1, 0.15) is 56.9 Å². The number of aliphatic imine (C=N–C) groups is 6. The molecule has 4 aromatic heterocycles.